The maximum Gasteiger partial charge on any atom is 0.407 e. The minimum Gasteiger partial charge on any atom is -0.476 e. The zero-order chi connectivity index (χ0) is 17.6. The number of aromatic carboxylic acids is 1. The van der Waals surface area contributed by atoms with E-state index in [2.05, 4.69) is 20.9 Å². The van der Waals surface area contributed by atoms with E-state index in [1.165, 1.54) is 11.7 Å². The smallest absolute Gasteiger partial charge is 0.407 e. The molecule has 10 nitrogen and oxygen atoms in total. The standard InChI is InChI=1S/C13H21N5O5/c1-13(2,3)23-12(22)15-6-5-8-10(11(20)21)16-17-18(8)7-9(19)14-4/h5-7H2,1-4H3,(H,14,19)(H,15,22)(H,20,21). The van der Waals surface area contributed by atoms with Crippen LogP contribution in [0.15, 0.2) is 0 Å². The van der Waals surface area contributed by atoms with E-state index in [-0.39, 0.29) is 36.8 Å². The Bertz CT molecular complexity index is 590. The molecule has 0 saturated carbocycles. The zero-order valence-electron chi connectivity index (χ0n) is 13.5. The molecule has 0 aromatic carbocycles. The summed E-state index contributed by atoms with van der Waals surface area (Å²) in [6.07, 6.45) is -0.468. The van der Waals surface area contributed by atoms with Crippen molar-refractivity contribution in [2.75, 3.05) is 13.6 Å². The van der Waals surface area contributed by atoms with Gasteiger partial charge in [0.1, 0.15) is 12.1 Å². The second kappa shape index (κ2) is 7.56. The molecule has 0 atom stereocenters. The van der Waals surface area contributed by atoms with E-state index in [9.17, 15) is 14.4 Å². The molecule has 0 aliphatic rings. The Morgan fingerprint density at radius 3 is 2.48 bits per heavy atom. The van der Waals surface area contributed by atoms with Crippen LogP contribution in [0, 0.1) is 0 Å². The first kappa shape index (κ1) is 18.4. The molecule has 1 aromatic rings. The van der Waals surface area contributed by atoms with Gasteiger partial charge in [-0.1, -0.05) is 5.21 Å². The number of carbonyl (C=O) groups is 3. The molecular formula is C13H21N5O5. The molecule has 0 aliphatic heterocycles. The molecule has 3 N–H and O–H groups in total. The molecule has 23 heavy (non-hydrogen) atoms. The number of nitrogens with one attached hydrogen (secondary N) is 2. The van der Waals surface area contributed by atoms with Crippen LogP contribution in [0.5, 0.6) is 0 Å². The first-order chi connectivity index (χ1) is 10.6. The molecule has 1 heterocycles. The zero-order valence-corrected chi connectivity index (χ0v) is 13.5. The normalized spacial score (nSPS) is 11.0. The van der Waals surface area contributed by atoms with E-state index in [4.69, 9.17) is 9.84 Å². The van der Waals surface area contributed by atoms with Gasteiger partial charge in [0.15, 0.2) is 5.69 Å². The first-order valence-electron chi connectivity index (χ1n) is 6.97. The highest BCUT2D eigenvalue weighted by Crippen LogP contribution is 2.08. The quantitative estimate of drug-likeness (QED) is 0.657. The number of nitrogens with zero attached hydrogens (tertiary/aromatic N) is 3. The fourth-order valence-electron chi connectivity index (χ4n) is 1.69. The summed E-state index contributed by atoms with van der Waals surface area (Å²) in [6, 6.07) is 0. The van der Waals surface area contributed by atoms with E-state index in [1.54, 1.807) is 20.8 Å². The van der Waals surface area contributed by atoms with Gasteiger partial charge in [0, 0.05) is 20.0 Å². The van der Waals surface area contributed by atoms with Gasteiger partial charge >= 0.3 is 12.1 Å². The van der Waals surface area contributed by atoms with E-state index < -0.39 is 17.7 Å². The molecule has 0 saturated heterocycles. The lowest BCUT2D eigenvalue weighted by Crippen LogP contribution is -2.34. The molecule has 0 aliphatic carbocycles. The molecule has 128 valence electrons. The van der Waals surface area contributed by atoms with Crippen LogP contribution >= 0.6 is 0 Å². The number of carbonyl (C=O) groups excluding carboxylic acids is 2. The van der Waals surface area contributed by atoms with Crippen molar-refractivity contribution >= 4 is 18.0 Å². The van der Waals surface area contributed by atoms with Crippen molar-refractivity contribution in [2.45, 2.75) is 39.3 Å². The maximum atomic E-state index is 11.6. The first-order valence-corrected chi connectivity index (χ1v) is 6.97. The van der Waals surface area contributed by atoms with Gasteiger partial charge in [-0.3, -0.25) is 4.79 Å². The molecule has 0 radical (unpaired) electrons. The van der Waals surface area contributed by atoms with Gasteiger partial charge in [0.05, 0.1) is 5.69 Å². The van der Waals surface area contributed by atoms with Gasteiger partial charge in [0.25, 0.3) is 0 Å². The minimum atomic E-state index is -1.25. The second-order valence-corrected chi connectivity index (χ2v) is 5.70. The van der Waals surface area contributed by atoms with Crippen LogP contribution in [-0.2, 0) is 22.5 Å². The van der Waals surface area contributed by atoms with Crippen molar-refractivity contribution in [3.63, 3.8) is 0 Å². The molecule has 0 fully saturated rings. The Labute approximate surface area is 133 Å². The molecular weight excluding hydrogens is 306 g/mol. The summed E-state index contributed by atoms with van der Waals surface area (Å²) in [5.74, 6) is -1.59. The van der Waals surface area contributed by atoms with Crippen LogP contribution in [0.2, 0.25) is 0 Å². The predicted octanol–water partition coefficient (Wildman–Crippen LogP) is -0.210. The van der Waals surface area contributed by atoms with Crippen LogP contribution in [0.1, 0.15) is 37.0 Å². The Balaban J connectivity index is 2.74. The molecule has 0 bridgehead atoms. The summed E-state index contributed by atoms with van der Waals surface area (Å²) >= 11 is 0. The summed E-state index contributed by atoms with van der Waals surface area (Å²) in [7, 11) is 1.46. The van der Waals surface area contributed by atoms with Gasteiger partial charge in [-0.25, -0.2) is 14.3 Å². The number of carboxylic acid groups (broad SMARTS) is 1. The van der Waals surface area contributed by atoms with Crippen LogP contribution in [0.25, 0.3) is 0 Å². The Hall–Kier alpha value is -2.65. The summed E-state index contributed by atoms with van der Waals surface area (Å²) in [4.78, 5) is 34.1. The van der Waals surface area contributed by atoms with Crippen LogP contribution < -0.4 is 10.6 Å². The number of rotatable bonds is 6. The summed E-state index contributed by atoms with van der Waals surface area (Å²) in [6.45, 7) is 5.17. The van der Waals surface area contributed by atoms with Gasteiger partial charge in [-0.2, -0.15) is 0 Å². The van der Waals surface area contributed by atoms with Crippen molar-refractivity contribution in [3.8, 4) is 0 Å². The summed E-state index contributed by atoms with van der Waals surface area (Å²) < 4.78 is 6.27. The van der Waals surface area contributed by atoms with Crippen LogP contribution in [0.4, 0.5) is 4.79 Å². The SMILES string of the molecule is CNC(=O)Cn1nnc(C(=O)O)c1CCNC(=O)OC(C)(C)C. The summed E-state index contributed by atoms with van der Waals surface area (Å²) in [5.41, 5.74) is -0.629. The number of aromatic nitrogens is 3. The number of carboxylic acids is 1. The maximum absolute atomic E-state index is 11.6. The fourth-order valence-corrected chi connectivity index (χ4v) is 1.69. The van der Waals surface area contributed by atoms with Gasteiger partial charge in [-0.15, -0.1) is 5.10 Å². The molecule has 1 aromatic heterocycles. The van der Waals surface area contributed by atoms with Crippen molar-refractivity contribution in [3.05, 3.63) is 11.4 Å². The average Bonchev–Trinajstić information content (AvgIpc) is 2.79. The lowest BCUT2D eigenvalue weighted by atomic mass is 10.2. The second-order valence-electron chi connectivity index (χ2n) is 5.70. The molecule has 0 unspecified atom stereocenters. The summed E-state index contributed by atoms with van der Waals surface area (Å²) in [5, 5.41) is 21.2. The minimum absolute atomic E-state index is 0.121. The van der Waals surface area contributed by atoms with Gasteiger partial charge in [-0.05, 0) is 20.8 Å². The molecule has 1 rings (SSSR count). The Morgan fingerprint density at radius 2 is 1.96 bits per heavy atom. The van der Waals surface area contributed by atoms with Crippen molar-refractivity contribution in [1.82, 2.24) is 25.6 Å². The largest absolute Gasteiger partial charge is 0.476 e. The lowest BCUT2D eigenvalue weighted by Gasteiger charge is -2.19. The number of hydrogen-bond acceptors (Lipinski definition) is 6. The monoisotopic (exact) mass is 327 g/mol. The third-order valence-corrected chi connectivity index (χ3v) is 2.64. The van der Waals surface area contributed by atoms with Gasteiger partial charge in [0.2, 0.25) is 5.91 Å². The van der Waals surface area contributed by atoms with Crippen molar-refractivity contribution < 1.29 is 24.2 Å². The molecule has 0 spiro atoms. The number of hydrogen-bond donors (Lipinski definition) is 3. The predicted molar refractivity (Wildman–Crippen MR) is 79.0 cm³/mol. The highest BCUT2D eigenvalue weighted by Gasteiger charge is 2.21. The topological polar surface area (TPSA) is 135 Å². The van der Waals surface area contributed by atoms with Crippen molar-refractivity contribution in [1.29, 1.82) is 0 Å². The third kappa shape index (κ3) is 5.93. The molecule has 10 heteroatoms. The Morgan fingerprint density at radius 1 is 1.30 bits per heavy atom. The van der Waals surface area contributed by atoms with E-state index in [0.717, 1.165) is 0 Å². The number of alkyl carbamates (subject to hydrolysis) is 1. The van der Waals surface area contributed by atoms with Crippen LogP contribution in [-0.4, -0.2) is 57.3 Å². The highest BCUT2D eigenvalue weighted by molar-refractivity contribution is 5.86. The Kier molecular flexibility index (Phi) is 6.05. The lowest BCUT2D eigenvalue weighted by molar-refractivity contribution is -0.121. The highest BCUT2D eigenvalue weighted by atomic mass is 16.6. The third-order valence-electron chi connectivity index (χ3n) is 2.64. The van der Waals surface area contributed by atoms with Crippen molar-refractivity contribution in [2.24, 2.45) is 0 Å². The van der Waals surface area contributed by atoms with Gasteiger partial charge < -0.3 is 20.5 Å². The number of ether oxygens (including phenoxy) is 1. The van der Waals surface area contributed by atoms with E-state index in [0.29, 0.717) is 0 Å². The average molecular weight is 327 g/mol. The van der Waals surface area contributed by atoms with E-state index >= 15 is 0 Å². The molecule has 2 amide bonds. The van der Waals surface area contributed by atoms with E-state index in [1.807, 2.05) is 0 Å². The number of amides is 2. The van der Waals surface area contributed by atoms with Crippen LogP contribution in [0.3, 0.4) is 0 Å². The fraction of sp³-hybridized carbons (Fsp3) is 0.615. The number of likely N-dealkylation sites (N-methyl/N-ethyl adjacent to an activating group) is 1.